The van der Waals surface area contributed by atoms with Gasteiger partial charge in [0.2, 0.25) is 5.91 Å². The van der Waals surface area contributed by atoms with Crippen molar-refractivity contribution in [3.05, 3.63) is 28.0 Å². The fourth-order valence-corrected chi connectivity index (χ4v) is 3.45. The van der Waals surface area contributed by atoms with Crippen LogP contribution in [0.25, 0.3) is 6.08 Å². The highest BCUT2D eigenvalue weighted by Gasteiger charge is 2.16. The molecule has 4 nitrogen and oxygen atoms in total. The summed E-state index contributed by atoms with van der Waals surface area (Å²) in [5, 5.41) is 13.4. The van der Waals surface area contributed by atoms with Gasteiger partial charge in [0.25, 0.3) is 0 Å². The molecular weight excluding hydrogens is 286 g/mol. The van der Waals surface area contributed by atoms with Crippen molar-refractivity contribution in [2.75, 3.05) is 0 Å². The smallest absolute Gasteiger partial charge is 0.328 e. The van der Waals surface area contributed by atoms with Gasteiger partial charge in [-0.2, -0.15) is 0 Å². The van der Waals surface area contributed by atoms with Crippen molar-refractivity contribution in [3.8, 4) is 0 Å². The zero-order valence-corrected chi connectivity index (χ0v) is 12.8. The fraction of sp³-hybridized carbons (Fsp3) is 0.500. The Balaban J connectivity index is 1.74. The van der Waals surface area contributed by atoms with E-state index in [-0.39, 0.29) is 5.91 Å². The maximum absolute atomic E-state index is 11.9. The third kappa shape index (κ3) is 5.71. The van der Waals surface area contributed by atoms with E-state index in [4.69, 9.17) is 5.11 Å². The Morgan fingerprint density at radius 3 is 2.81 bits per heavy atom. The van der Waals surface area contributed by atoms with Crippen LogP contribution in [0.4, 0.5) is 0 Å². The lowest BCUT2D eigenvalue weighted by Gasteiger charge is -2.20. The van der Waals surface area contributed by atoms with E-state index in [9.17, 15) is 9.59 Å². The zero-order valence-electron chi connectivity index (χ0n) is 12.0. The molecule has 0 saturated heterocycles. The molecule has 0 spiro atoms. The summed E-state index contributed by atoms with van der Waals surface area (Å²) in [6.07, 6.45) is 9.48. The van der Waals surface area contributed by atoms with Gasteiger partial charge in [-0.25, -0.2) is 4.79 Å². The first kappa shape index (κ1) is 15.8. The first-order valence-corrected chi connectivity index (χ1v) is 8.26. The summed E-state index contributed by atoms with van der Waals surface area (Å²) in [6, 6.07) is 1.91. The molecule has 1 fully saturated rings. The van der Waals surface area contributed by atoms with Crippen molar-refractivity contribution in [1.29, 1.82) is 0 Å². The number of aliphatic carboxylic acids is 1. The lowest BCUT2D eigenvalue weighted by molar-refractivity contribution is -0.131. The molecule has 0 bridgehead atoms. The molecule has 1 aliphatic rings. The van der Waals surface area contributed by atoms with Gasteiger partial charge in [0.1, 0.15) is 0 Å². The van der Waals surface area contributed by atoms with E-state index in [0.29, 0.717) is 18.9 Å². The highest BCUT2D eigenvalue weighted by molar-refractivity contribution is 7.10. The molecule has 1 heterocycles. The van der Waals surface area contributed by atoms with E-state index >= 15 is 0 Å². The van der Waals surface area contributed by atoms with Gasteiger partial charge in [-0.15, -0.1) is 11.3 Å². The molecule has 1 amide bonds. The minimum Gasteiger partial charge on any atom is -0.478 e. The fourth-order valence-electron chi connectivity index (χ4n) is 2.66. The van der Waals surface area contributed by atoms with Crippen molar-refractivity contribution in [3.63, 3.8) is 0 Å². The average molecular weight is 307 g/mol. The predicted molar refractivity (Wildman–Crippen MR) is 84.0 cm³/mol. The number of amides is 1. The standard InChI is InChI=1S/C16H21NO3S/c18-15(9-12-4-2-1-3-5-12)17-10-14-8-13(11-21-14)6-7-16(19)20/h6-8,11-12H,1-5,9-10H2,(H,17,18)(H,19,20). The molecule has 1 aromatic heterocycles. The van der Waals surface area contributed by atoms with E-state index in [1.807, 2.05) is 11.4 Å². The molecule has 0 aliphatic heterocycles. The van der Waals surface area contributed by atoms with Crippen LogP contribution in [0.2, 0.25) is 0 Å². The summed E-state index contributed by atoms with van der Waals surface area (Å²) >= 11 is 1.53. The predicted octanol–water partition coefficient (Wildman–Crippen LogP) is 3.43. The van der Waals surface area contributed by atoms with Crippen LogP contribution in [0.3, 0.4) is 0 Å². The molecule has 0 unspecified atom stereocenters. The zero-order chi connectivity index (χ0) is 15.1. The third-order valence-electron chi connectivity index (χ3n) is 3.75. The van der Waals surface area contributed by atoms with E-state index in [0.717, 1.165) is 16.5 Å². The van der Waals surface area contributed by atoms with Crippen LogP contribution in [0.5, 0.6) is 0 Å². The summed E-state index contributed by atoms with van der Waals surface area (Å²) in [4.78, 5) is 23.4. The van der Waals surface area contributed by atoms with Crippen LogP contribution >= 0.6 is 11.3 Å². The Morgan fingerprint density at radius 1 is 1.33 bits per heavy atom. The van der Waals surface area contributed by atoms with Gasteiger partial charge in [0.15, 0.2) is 0 Å². The van der Waals surface area contributed by atoms with Crippen LogP contribution in [0.1, 0.15) is 49.0 Å². The van der Waals surface area contributed by atoms with Crippen molar-refractivity contribution in [2.45, 2.75) is 45.1 Å². The third-order valence-corrected chi connectivity index (χ3v) is 4.71. The second kappa shape index (κ2) is 7.98. The highest BCUT2D eigenvalue weighted by Crippen LogP contribution is 2.26. The molecular formula is C16H21NO3S. The molecule has 0 radical (unpaired) electrons. The quantitative estimate of drug-likeness (QED) is 0.791. The Bertz CT molecular complexity index is 515. The second-order valence-electron chi connectivity index (χ2n) is 5.50. The Hall–Kier alpha value is -1.62. The summed E-state index contributed by atoms with van der Waals surface area (Å²) in [5.74, 6) is -0.280. The number of hydrogen-bond donors (Lipinski definition) is 2. The van der Waals surface area contributed by atoms with Gasteiger partial charge in [-0.05, 0) is 41.8 Å². The van der Waals surface area contributed by atoms with Gasteiger partial charge in [0.05, 0.1) is 6.54 Å². The largest absolute Gasteiger partial charge is 0.478 e. The van der Waals surface area contributed by atoms with E-state index in [2.05, 4.69) is 5.32 Å². The molecule has 1 saturated carbocycles. The van der Waals surface area contributed by atoms with E-state index in [1.165, 1.54) is 43.4 Å². The highest BCUT2D eigenvalue weighted by atomic mass is 32.1. The Morgan fingerprint density at radius 2 is 2.10 bits per heavy atom. The molecule has 1 aliphatic carbocycles. The molecule has 21 heavy (non-hydrogen) atoms. The maximum atomic E-state index is 11.9. The Labute approximate surface area is 128 Å². The maximum Gasteiger partial charge on any atom is 0.328 e. The van der Waals surface area contributed by atoms with Crippen LogP contribution in [-0.4, -0.2) is 17.0 Å². The number of carbonyl (C=O) groups excluding carboxylic acids is 1. The molecule has 2 rings (SSSR count). The first-order valence-electron chi connectivity index (χ1n) is 7.38. The lowest BCUT2D eigenvalue weighted by Crippen LogP contribution is -2.25. The van der Waals surface area contributed by atoms with E-state index in [1.54, 1.807) is 6.08 Å². The number of rotatable bonds is 6. The van der Waals surface area contributed by atoms with Crippen LogP contribution < -0.4 is 5.32 Å². The number of carboxylic acid groups (broad SMARTS) is 1. The first-order chi connectivity index (χ1) is 10.1. The Kier molecular flexibility index (Phi) is 5.99. The van der Waals surface area contributed by atoms with Crippen LogP contribution in [-0.2, 0) is 16.1 Å². The number of carbonyl (C=O) groups is 2. The summed E-state index contributed by atoms with van der Waals surface area (Å²) in [5.41, 5.74) is 0.860. The number of carboxylic acids is 1. The van der Waals surface area contributed by atoms with Gasteiger partial charge >= 0.3 is 5.97 Å². The van der Waals surface area contributed by atoms with Crippen molar-refractivity contribution in [2.24, 2.45) is 5.92 Å². The summed E-state index contributed by atoms with van der Waals surface area (Å²) in [6.45, 7) is 0.525. The number of nitrogens with one attached hydrogen (secondary N) is 1. The minimum absolute atomic E-state index is 0.123. The topological polar surface area (TPSA) is 66.4 Å². The van der Waals surface area contributed by atoms with Gasteiger partial charge in [-0.1, -0.05) is 19.3 Å². The SMILES string of the molecule is O=C(O)C=Cc1csc(CNC(=O)CC2CCCCC2)c1. The minimum atomic E-state index is -0.955. The molecule has 114 valence electrons. The lowest BCUT2D eigenvalue weighted by atomic mass is 9.87. The van der Waals surface area contributed by atoms with Crippen molar-refractivity contribution < 1.29 is 14.7 Å². The van der Waals surface area contributed by atoms with Crippen LogP contribution in [0, 0.1) is 5.92 Å². The summed E-state index contributed by atoms with van der Waals surface area (Å²) < 4.78 is 0. The molecule has 2 N–H and O–H groups in total. The normalized spacial score (nSPS) is 16.2. The average Bonchev–Trinajstić information content (AvgIpc) is 2.92. The monoisotopic (exact) mass is 307 g/mol. The molecule has 5 heteroatoms. The van der Waals surface area contributed by atoms with E-state index < -0.39 is 5.97 Å². The molecule has 0 atom stereocenters. The van der Waals surface area contributed by atoms with Crippen molar-refractivity contribution in [1.82, 2.24) is 5.32 Å². The molecule has 0 aromatic carbocycles. The number of thiophene rings is 1. The second-order valence-corrected chi connectivity index (χ2v) is 6.50. The van der Waals surface area contributed by atoms with Gasteiger partial charge in [-0.3, -0.25) is 4.79 Å². The summed E-state index contributed by atoms with van der Waals surface area (Å²) in [7, 11) is 0. The van der Waals surface area contributed by atoms with Gasteiger partial charge < -0.3 is 10.4 Å². The van der Waals surface area contributed by atoms with Gasteiger partial charge in [0, 0.05) is 17.4 Å². The van der Waals surface area contributed by atoms with Crippen LogP contribution in [0.15, 0.2) is 17.5 Å². The molecule has 1 aromatic rings. The van der Waals surface area contributed by atoms with Crippen molar-refractivity contribution >= 4 is 29.3 Å². The number of hydrogen-bond acceptors (Lipinski definition) is 3.